The quantitative estimate of drug-likeness (QED) is 0.588. The van der Waals surface area contributed by atoms with Crippen LogP contribution in [-0.4, -0.2) is 12.1 Å². The molecule has 0 aliphatic heterocycles. The van der Waals surface area contributed by atoms with Gasteiger partial charge in [-0.15, -0.1) is 0 Å². The molecule has 26 heavy (non-hydrogen) atoms. The van der Waals surface area contributed by atoms with Gasteiger partial charge in [-0.2, -0.15) is 0 Å². The van der Waals surface area contributed by atoms with Crippen molar-refractivity contribution >= 4 is 17.3 Å². The Balaban J connectivity index is 1.63. The third-order valence-electron chi connectivity index (χ3n) is 3.75. The first-order valence-electron chi connectivity index (χ1n) is 8.03. The summed E-state index contributed by atoms with van der Waals surface area (Å²) in [4.78, 5) is 4.03. The molecule has 0 saturated heterocycles. The molecule has 1 aromatic heterocycles. The minimum atomic E-state index is -0.255. The minimum absolute atomic E-state index is 0.255. The normalized spacial score (nSPS) is 10.4. The van der Waals surface area contributed by atoms with Gasteiger partial charge in [0.1, 0.15) is 17.6 Å². The number of nitrogens with one attached hydrogen (secondary N) is 1. The van der Waals surface area contributed by atoms with Gasteiger partial charge in [-0.1, -0.05) is 23.7 Å². The number of hydrogen-bond donors (Lipinski definition) is 1. The van der Waals surface area contributed by atoms with Gasteiger partial charge >= 0.3 is 0 Å². The van der Waals surface area contributed by atoms with E-state index in [2.05, 4.69) is 10.3 Å². The molecular weight excluding hydrogens is 355 g/mol. The molecule has 1 heterocycles. The number of aromatic nitrogens is 1. The smallest absolute Gasteiger partial charge is 0.161 e. The number of halogens is 2. The maximum absolute atomic E-state index is 12.9. The van der Waals surface area contributed by atoms with Gasteiger partial charge in [-0.25, -0.2) is 9.37 Å². The van der Waals surface area contributed by atoms with Crippen molar-refractivity contribution in [2.24, 2.45) is 0 Å². The summed E-state index contributed by atoms with van der Waals surface area (Å²) >= 11 is 5.78. The van der Waals surface area contributed by atoms with Gasteiger partial charge in [0, 0.05) is 24.0 Å². The molecule has 0 unspecified atom stereocenters. The Labute approximate surface area is 156 Å². The molecule has 0 radical (unpaired) electrons. The predicted molar refractivity (Wildman–Crippen MR) is 100 cm³/mol. The maximum Gasteiger partial charge on any atom is 0.161 e. The number of anilines is 1. The lowest BCUT2D eigenvalue weighted by Crippen LogP contribution is -2.02. The molecular formula is C20H18ClFN2O2. The Kier molecular flexibility index (Phi) is 5.92. The van der Waals surface area contributed by atoms with E-state index in [0.29, 0.717) is 29.8 Å². The van der Waals surface area contributed by atoms with E-state index in [1.807, 2.05) is 24.3 Å². The van der Waals surface area contributed by atoms with Gasteiger partial charge in [0.2, 0.25) is 0 Å². The second-order valence-corrected chi connectivity index (χ2v) is 6.01. The lowest BCUT2D eigenvalue weighted by molar-refractivity contribution is 0.284. The first-order chi connectivity index (χ1) is 12.6. The summed E-state index contributed by atoms with van der Waals surface area (Å²) in [5, 5.41) is 3.69. The number of nitrogens with zero attached hydrogens (tertiary/aromatic N) is 1. The van der Waals surface area contributed by atoms with Gasteiger partial charge in [-0.3, -0.25) is 0 Å². The fourth-order valence-electron chi connectivity index (χ4n) is 2.37. The zero-order valence-corrected chi connectivity index (χ0v) is 15.0. The summed E-state index contributed by atoms with van der Waals surface area (Å²) in [5.41, 5.74) is 2.78. The third kappa shape index (κ3) is 4.86. The molecule has 0 aliphatic carbocycles. The van der Waals surface area contributed by atoms with Crippen LogP contribution in [0.3, 0.4) is 0 Å². The maximum atomic E-state index is 12.9. The van der Waals surface area contributed by atoms with Crippen LogP contribution in [0, 0.1) is 5.82 Å². The van der Waals surface area contributed by atoms with E-state index >= 15 is 0 Å². The Morgan fingerprint density at radius 1 is 1.00 bits per heavy atom. The molecule has 0 spiro atoms. The van der Waals surface area contributed by atoms with Gasteiger partial charge in [0.25, 0.3) is 0 Å². The number of benzene rings is 2. The average Bonchev–Trinajstić information content (AvgIpc) is 2.67. The van der Waals surface area contributed by atoms with Crippen molar-refractivity contribution in [1.82, 2.24) is 4.98 Å². The minimum Gasteiger partial charge on any atom is -0.493 e. The van der Waals surface area contributed by atoms with Gasteiger partial charge in [0.15, 0.2) is 11.5 Å². The van der Waals surface area contributed by atoms with E-state index in [1.54, 1.807) is 31.5 Å². The van der Waals surface area contributed by atoms with E-state index in [-0.39, 0.29) is 5.82 Å². The van der Waals surface area contributed by atoms with Crippen molar-refractivity contribution in [1.29, 1.82) is 0 Å². The Morgan fingerprint density at radius 2 is 1.77 bits per heavy atom. The van der Waals surface area contributed by atoms with Gasteiger partial charge in [0.05, 0.1) is 7.11 Å². The highest BCUT2D eigenvalue weighted by Crippen LogP contribution is 2.29. The highest BCUT2D eigenvalue weighted by atomic mass is 35.5. The topological polar surface area (TPSA) is 43.4 Å². The third-order valence-corrected chi connectivity index (χ3v) is 3.98. The molecule has 3 rings (SSSR count). The molecule has 1 N–H and O–H groups in total. The van der Waals surface area contributed by atoms with E-state index in [4.69, 9.17) is 21.1 Å². The first kappa shape index (κ1) is 18.0. The molecule has 134 valence electrons. The fraction of sp³-hybridized carbons (Fsp3) is 0.150. The van der Waals surface area contributed by atoms with Crippen LogP contribution in [0.15, 0.2) is 60.8 Å². The van der Waals surface area contributed by atoms with E-state index in [9.17, 15) is 4.39 Å². The molecule has 3 aromatic rings. The van der Waals surface area contributed by atoms with Crippen LogP contribution in [0.5, 0.6) is 11.5 Å². The van der Waals surface area contributed by atoms with Gasteiger partial charge < -0.3 is 14.8 Å². The molecule has 0 aliphatic rings. The Morgan fingerprint density at radius 3 is 2.46 bits per heavy atom. The lowest BCUT2D eigenvalue weighted by atomic mass is 10.2. The number of pyridine rings is 1. The summed E-state index contributed by atoms with van der Waals surface area (Å²) in [6, 6.07) is 15.6. The average molecular weight is 373 g/mol. The van der Waals surface area contributed by atoms with Crippen molar-refractivity contribution in [3.63, 3.8) is 0 Å². The van der Waals surface area contributed by atoms with Crippen LogP contribution in [0.2, 0.25) is 5.15 Å². The van der Waals surface area contributed by atoms with Crippen LogP contribution in [0.4, 0.5) is 10.1 Å². The van der Waals surface area contributed by atoms with Gasteiger partial charge in [-0.05, 0) is 48.0 Å². The number of rotatable bonds is 7. The molecule has 0 amide bonds. The summed E-state index contributed by atoms with van der Waals surface area (Å²) in [6.45, 7) is 0.955. The zero-order valence-electron chi connectivity index (χ0n) is 14.2. The molecule has 0 atom stereocenters. The SMILES string of the molecule is COc1cc(CNc2ccc(F)cc2)ccc1OCc1ccc(Cl)nc1. The van der Waals surface area contributed by atoms with Crippen molar-refractivity contribution in [3.8, 4) is 11.5 Å². The zero-order chi connectivity index (χ0) is 18.4. The number of ether oxygens (including phenoxy) is 2. The van der Waals surface area contributed by atoms with E-state index < -0.39 is 0 Å². The summed E-state index contributed by atoms with van der Waals surface area (Å²) in [7, 11) is 1.60. The molecule has 4 nitrogen and oxygen atoms in total. The van der Waals surface area contributed by atoms with E-state index in [0.717, 1.165) is 16.8 Å². The highest BCUT2D eigenvalue weighted by molar-refractivity contribution is 6.29. The van der Waals surface area contributed by atoms with Crippen LogP contribution in [0.1, 0.15) is 11.1 Å². The summed E-state index contributed by atoms with van der Waals surface area (Å²) < 4.78 is 24.2. The van der Waals surface area contributed by atoms with Crippen LogP contribution < -0.4 is 14.8 Å². The Bertz CT molecular complexity index is 855. The van der Waals surface area contributed by atoms with Crippen molar-refractivity contribution < 1.29 is 13.9 Å². The molecule has 0 bridgehead atoms. The molecule has 0 saturated carbocycles. The van der Waals surface area contributed by atoms with Crippen molar-refractivity contribution in [2.45, 2.75) is 13.2 Å². The lowest BCUT2D eigenvalue weighted by Gasteiger charge is -2.13. The predicted octanol–water partition coefficient (Wildman–Crippen LogP) is 5.07. The number of hydrogen-bond acceptors (Lipinski definition) is 4. The monoisotopic (exact) mass is 372 g/mol. The van der Waals surface area contributed by atoms with Crippen LogP contribution in [-0.2, 0) is 13.2 Å². The van der Waals surface area contributed by atoms with Crippen LogP contribution >= 0.6 is 11.6 Å². The molecule has 0 fully saturated rings. The number of methoxy groups -OCH3 is 1. The summed E-state index contributed by atoms with van der Waals surface area (Å²) in [6.07, 6.45) is 1.68. The summed E-state index contributed by atoms with van der Waals surface area (Å²) in [5.74, 6) is 1.04. The van der Waals surface area contributed by atoms with Crippen molar-refractivity contribution in [3.05, 3.63) is 82.9 Å². The van der Waals surface area contributed by atoms with Crippen LogP contribution in [0.25, 0.3) is 0 Å². The van der Waals surface area contributed by atoms with Crippen molar-refractivity contribution in [2.75, 3.05) is 12.4 Å². The van der Waals surface area contributed by atoms with E-state index in [1.165, 1.54) is 12.1 Å². The first-order valence-corrected chi connectivity index (χ1v) is 8.41. The highest BCUT2D eigenvalue weighted by Gasteiger charge is 2.07. The fourth-order valence-corrected chi connectivity index (χ4v) is 2.48. The second kappa shape index (κ2) is 8.54. The standard InChI is InChI=1S/C20H18ClFN2O2/c1-25-19-10-14(11-23-17-6-4-16(22)5-7-17)2-8-18(19)26-13-15-3-9-20(21)24-12-15/h2-10,12,23H,11,13H2,1H3. The Hall–Kier alpha value is -2.79. The molecule has 2 aromatic carbocycles. The second-order valence-electron chi connectivity index (χ2n) is 5.62. The molecule has 6 heteroatoms. The largest absolute Gasteiger partial charge is 0.493 e.